The highest BCUT2D eigenvalue weighted by Crippen LogP contribution is 2.37. The molecule has 0 saturated heterocycles. The van der Waals surface area contributed by atoms with Gasteiger partial charge in [-0.15, -0.1) is 0 Å². The molecule has 0 aliphatic carbocycles. The summed E-state index contributed by atoms with van der Waals surface area (Å²) in [6.45, 7) is 1.05. The van der Waals surface area contributed by atoms with Crippen LogP contribution >= 0.6 is 0 Å². The molecular weight excluding hydrogens is 368 g/mol. The molecule has 5 rings (SSSR count). The van der Waals surface area contributed by atoms with Gasteiger partial charge in [0.2, 0.25) is 0 Å². The van der Waals surface area contributed by atoms with E-state index in [1.54, 1.807) is 13.3 Å². The molecule has 0 N–H and O–H groups in total. The summed E-state index contributed by atoms with van der Waals surface area (Å²) in [7, 11) is 1.63. The number of hydrogen-bond donors (Lipinski definition) is 0. The fourth-order valence-electron chi connectivity index (χ4n) is 3.49. The highest BCUT2D eigenvalue weighted by molar-refractivity contribution is 5.95. The van der Waals surface area contributed by atoms with E-state index in [4.69, 9.17) is 14.2 Å². The lowest BCUT2D eigenvalue weighted by Crippen LogP contribution is -2.15. The SMILES string of the molecule is COc1ccc(-n2cc(C#N)c3ncnc(-c4ccc5c(c4)OCCO5)c32)cc1. The van der Waals surface area contributed by atoms with E-state index in [1.807, 2.05) is 47.0 Å². The average molecular weight is 384 g/mol. The van der Waals surface area contributed by atoms with Crippen molar-refractivity contribution < 1.29 is 14.2 Å². The Hall–Kier alpha value is -4.05. The molecule has 0 unspecified atom stereocenters. The third-order valence-electron chi connectivity index (χ3n) is 4.86. The van der Waals surface area contributed by atoms with Gasteiger partial charge in [0.05, 0.1) is 23.9 Å². The van der Waals surface area contributed by atoms with Gasteiger partial charge in [0, 0.05) is 17.4 Å². The molecule has 2 aromatic carbocycles. The van der Waals surface area contributed by atoms with Crippen LogP contribution in [0.15, 0.2) is 55.0 Å². The molecule has 0 radical (unpaired) electrons. The molecule has 0 fully saturated rings. The number of fused-ring (bicyclic) bond motifs is 2. The number of nitriles is 1. The zero-order valence-corrected chi connectivity index (χ0v) is 15.6. The van der Waals surface area contributed by atoms with Crippen molar-refractivity contribution in [1.82, 2.24) is 14.5 Å². The molecule has 0 atom stereocenters. The Labute approximate surface area is 166 Å². The van der Waals surface area contributed by atoms with Crippen LogP contribution in [0.2, 0.25) is 0 Å². The van der Waals surface area contributed by atoms with E-state index >= 15 is 0 Å². The number of ether oxygens (including phenoxy) is 3. The second-order valence-electron chi connectivity index (χ2n) is 6.50. The van der Waals surface area contributed by atoms with E-state index in [-0.39, 0.29) is 0 Å². The summed E-state index contributed by atoms with van der Waals surface area (Å²) in [4.78, 5) is 8.90. The Balaban J connectivity index is 1.74. The van der Waals surface area contributed by atoms with Gasteiger partial charge in [-0.2, -0.15) is 5.26 Å². The van der Waals surface area contributed by atoms with Crippen molar-refractivity contribution in [1.29, 1.82) is 5.26 Å². The van der Waals surface area contributed by atoms with Gasteiger partial charge in [0.15, 0.2) is 11.5 Å². The van der Waals surface area contributed by atoms with Crippen molar-refractivity contribution in [2.24, 2.45) is 0 Å². The summed E-state index contributed by atoms with van der Waals surface area (Å²) in [5, 5.41) is 9.62. The summed E-state index contributed by atoms with van der Waals surface area (Å²) in [5.41, 5.74) is 4.29. The first kappa shape index (κ1) is 17.1. The van der Waals surface area contributed by atoms with Gasteiger partial charge < -0.3 is 18.8 Å². The fraction of sp³-hybridized carbons (Fsp3) is 0.136. The van der Waals surface area contributed by atoms with Gasteiger partial charge in [-0.05, 0) is 42.5 Å². The highest BCUT2D eigenvalue weighted by Gasteiger charge is 2.19. The Morgan fingerprint density at radius 3 is 2.59 bits per heavy atom. The van der Waals surface area contributed by atoms with Crippen LogP contribution in [-0.4, -0.2) is 34.9 Å². The first-order chi connectivity index (χ1) is 14.3. The number of hydrogen-bond acceptors (Lipinski definition) is 6. The van der Waals surface area contributed by atoms with Gasteiger partial charge in [-0.1, -0.05) is 0 Å². The highest BCUT2D eigenvalue weighted by atomic mass is 16.6. The average Bonchev–Trinajstić information content (AvgIpc) is 3.18. The van der Waals surface area contributed by atoms with Crippen LogP contribution in [0.1, 0.15) is 5.56 Å². The normalized spacial score (nSPS) is 12.6. The zero-order valence-electron chi connectivity index (χ0n) is 15.6. The van der Waals surface area contributed by atoms with Gasteiger partial charge in [0.25, 0.3) is 0 Å². The summed E-state index contributed by atoms with van der Waals surface area (Å²) in [6, 6.07) is 15.6. The summed E-state index contributed by atoms with van der Waals surface area (Å²) < 4.78 is 18.5. The largest absolute Gasteiger partial charge is 0.497 e. The lowest BCUT2D eigenvalue weighted by molar-refractivity contribution is 0.171. The second-order valence-corrected chi connectivity index (χ2v) is 6.50. The molecule has 3 heterocycles. The van der Waals surface area contributed by atoms with E-state index in [0.29, 0.717) is 41.5 Å². The summed E-state index contributed by atoms with van der Waals surface area (Å²) in [6.07, 6.45) is 3.26. The fourth-order valence-corrected chi connectivity index (χ4v) is 3.49. The minimum absolute atomic E-state index is 0.483. The lowest BCUT2D eigenvalue weighted by atomic mass is 10.1. The predicted molar refractivity (Wildman–Crippen MR) is 107 cm³/mol. The number of nitrogens with zero attached hydrogens (tertiary/aromatic N) is 4. The molecule has 142 valence electrons. The van der Waals surface area contributed by atoms with Crippen LogP contribution in [0.4, 0.5) is 0 Å². The first-order valence-corrected chi connectivity index (χ1v) is 9.09. The van der Waals surface area contributed by atoms with Gasteiger partial charge >= 0.3 is 0 Å². The van der Waals surface area contributed by atoms with Crippen LogP contribution in [0.25, 0.3) is 28.0 Å². The molecule has 29 heavy (non-hydrogen) atoms. The maximum absolute atomic E-state index is 9.62. The van der Waals surface area contributed by atoms with Crippen molar-refractivity contribution in [2.75, 3.05) is 20.3 Å². The standard InChI is InChI=1S/C22H16N4O3/c1-27-17-5-3-16(4-6-17)26-12-15(11-23)21-22(26)20(24-13-25-21)14-2-7-18-19(10-14)29-9-8-28-18/h2-7,10,12-13H,8-9H2,1H3. The van der Waals surface area contributed by atoms with Crippen molar-refractivity contribution in [3.63, 3.8) is 0 Å². The Morgan fingerprint density at radius 1 is 1.03 bits per heavy atom. The van der Waals surface area contributed by atoms with Crippen LogP contribution in [-0.2, 0) is 0 Å². The van der Waals surface area contributed by atoms with Crippen LogP contribution in [0.5, 0.6) is 17.2 Å². The van der Waals surface area contributed by atoms with E-state index < -0.39 is 0 Å². The first-order valence-electron chi connectivity index (χ1n) is 9.09. The Morgan fingerprint density at radius 2 is 1.83 bits per heavy atom. The quantitative estimate of drug-likeness (QED) is 0.535. The maximum atomic E-state index is 9.62. The van der Waals surface area contributed by atoms with Crippen molar-refractivity contribution in [2.45, 2.75) is 0 Å². The third-order valence-corrected chi connectivity index (χ3v) is 4.86. The molecule has 7 nitrogen and oxygen atoms in total. The Kier molecular flexibility index (Phi) is 4.03. The molecule has 4 aromatic rings. The number of benzene rings is 2. The molecule has 0 bridgehead atoms. The molecule has 7 heteroatoms. The second kappa shape index (κ2) is 6.84. The predicted octanol–water partition coefficient (Wildman–Crippen LogP) is 3.74. The van der Waals surface area contributed by atoms with E-state index in [9.17, 15) is 5.26 Å². The van der Waals surface area contributed by atoms with E-state index in [1.165, 1.54) is 6.33 Å². The van der Waals surface area contributed by atoms with Crippen LogP contribution < -0.4 is 14.2 Å². The molecular formula is C22H16N4O3. The summed E-state index contributed by atoms with van der Waals surface area (Å²) in [5.74, 6) is 2.16. The molecule has 2 aromatic heterocycles. The third kappa shape index (κ3) is 2.82. The molecule has 1 aliphatic rings. The van der Waals surface area contributed by atoms with Gasteiger partial charge in [-0.25, -0.2) is 9.97 Å². The molecule has 1 aliphatic heterocycles. The minimum Gasteiger partial charge on any atom is -0.497 e. The van der Waals surface area contributed by atoms with E-state index in [2.05, 4.69) is 16.0 Å². The van der Waals surface area contributed by atoms with Crippen molar-refractivity contribution >= 4 is 11.0 Å². The van der Waals surface area contributed by atoms with Crippen molar-refractivity contribution in [3.8, 4) is 40.3 Å². The monoisotopic (exact) mass is 384 g/mol. The number of rotatable bonds is 3. The smallest absolute Gasteiger partial charge is 0.162 e. The number of methoxy groups -OCH3 is 1. The summed E-state index contributed by atoms with van der Waals surface area (Å²) >= 11 is 0. The van der Waals surface area contributed by atoms with Crippen LogP contribution in [0, 0.1) is 11.3 Å². The topological polar surface area (TPSA) is 82.2 Å². The molecule has 0 amide bonds. The van der Waals surface area contributed by atoms with Gasteiger partial charge in [-0.3, -0.25) is 0 Å². The maximum Gasteiger partial charge on any atom is 0.162 e. The molecule has 0 saturated carbocycles. The Bertz CT molecular complexity index is 1260. The van der Waals surface area contributed by atoms with E-state index in [0.717, 1.165) is 22.5 Å². The van der Waals surface area contributed by atoms with Gasteiger partial charge in [0.1, 0.15) is 36.9 Å². The van der Waals surface area contributed by atoms with Crippen LogP contribution in [0.3, 0.4) is 0 Å². The van der Waals surface area contributed by atoms with Crippen molar-refractivity contribution in [3.05, 3.63) is 60.6 Å². The number of aromatic nitrogens is 3. The lowest BCUT2D eigenvalue weighted by Gasteiger charge is -2.19. The minimum atomic E-state index is 0.483. The zero-order chi connectivity index (χ0) is 19.8. The molecule has 0 spiro atoms.